The van der Waals surface area contributed by atoms with E-state index in [1.807, 2.05) is 24.3 Å². The molecule has 0 spiro atoms. The molecule has 0 radical (unpaired) electrons. The van der Waals surface area contributed by atoms with Gasteiger partial charge in [0.05, 0.1) is 11.6 Å². The largest absolute Gasteiger partial charge is 0.480 e. The Hall–Kier alpha value is -3.39. The van der Waals surface area contributed by atoms with Gasteiger partial charge >= 0.3 is 5.97 Å². The molecule has 24 heavy (non-hydrogen) atoms. The van der Waals surface area contributed by atoms with Gasteiger partial charge in [0, 0.05) is 22.7 Å². The minimum Gasteiger partial charge on any atom is -0.480 e. The molecule has 3 aromatic rings. The van der Waals surface area contributed by atoms with Crippen LogP contribution in [0.25, 0.3) is 22.6 Å². The first-order valence-corrected chi connectivity index (χ1v) is 7.26. The van der Waals surface area contributed by atoms with Crippen LogP contribution in [-0.4, -0.2) is 15.6 Å². The number of aliphatic carboxylic acids is 1. The summed E-state index contributed by atoms with van der Waals surface area (Å²) in [4.78, 5) is 11.0. The summed E-state index contributed by atoms with van der Waals surface area (Å²) in [6.45, 7) is -0.170. The van der Waals surface area contributed by atoms with Crippen molar-refractivity contribution in [1.82, 2.24) is 4.57 Å². The van der Waals surface area contributed by atoms with E-state index in [9.17, 15) is 14.4 Å². The van der Waals surface area contributed by atoms with Gasteiger partial charge in [-0.15, -0.1) is 0 Å². The Morgan fingerprint density at radius 3 is 2.75 bits per heavy atom. The molecule has 0 bridgehead atoms. The Morgan fingerprint density at radius 2 is 2.04 bits per heavy atom. The molecule has 1 N–H and O–H groups in total. The molecule has 0 aliphatic rings. The standard InChI is InChI=1S/C19H13FN2O2/c20-16-5-3-4-13(9-16)14(10-21)8-15-11-22(12-19(23)24)18-7-2-1-6-17(15)18/h1-9,11H,12H2,(H,23,24). The summed E-state index contributed by atoms with van der Waals surface area (Å²) < 4.78 is 15.0. The van der Waals surface area contributed by atoms with Crippen molar-refractivity contribution in [2.75, 3.05) is 0 Å². The molecule has 0 amide bonds. The van der Waals surface area contributed by atoms with Crippen LogP contribution in [0.2, 0.25) is 0 Å². The Labute approximate surface area is 137 Å². The topological polar surface area (TPSA) is 66.0 Å². The zero-order valence-corrected chi connectivity index (χ0v) is 12.6. The van der Waals surface area contributed by atoms with Gasteiger partial charge in [0.1, 0.15) is 12.4 Å². The van der Waals surface area contributed by atoms with Gasteiger partial charge in [0.15, 0.2) is 0 Å². The monoisotopic (exact) mass is 320 g/mol. The third-order valence-corrected chi connectivity index (χ3v) is 3.68. The van der Waals surface area contributed by atoms with Crippen molar-refractivity contribution in [3.63, 3.8) is 0 Å². The maximum atomic E-state index is 13.4. The highest BCUT2D eigenvalue weighted by atomic mass is 19.1. The lowest BCUT2D eigenvalue weighted by Crippen LogP contribution is -2.07. The number of fused-ring (bicyclic) bond motifs is 1. The second-order valence-electron chi connectivity index (χ2n) is 5.30. The number of hydrogen-bond acceptors (Lipinski definition) is 2. The average molecular weight is 320 g/mol. The number of halogens is 1. The molecule has 0 aliphatic heterocycles. The number of allylic oxidation sites excluding steroid dienone is 1. The van der Waals surface area contributed by atoms with Crippen molar-refractivity contribution < 1.29 is 14.3 Å². The molecule has 0 fully saturated rings. The number of nitrogens with zero attached hydrogens (tertiary/aromatic N) is 2. The highest BCUT2D eigenvalue weighted by molar-refractivity contribution is 5.98. The molecule has 1 aromatic heterocycles. The Morgan fingerprint density at radius 1 is 1.25 bits per heavy atom. The molecule has 5 heteroatoms. The average Bonchev–Trinajstić information content (AvgIpc) is 2.90. The zero-order valence-electron chi connectivity index (χ0n) is 12.6. The van der Waals surface area contributed by atoms with E-state index in [2.05, 4.69) is 6.07 Å². The second-order valence-corrected chi connectivity index (χ2v) is 5.30. The number of nitriles is 1. The predicted octanol–water partition coefficient (Wildman–Crippen LogP) is 3.93. The molecule has 4 nitrogen and oxygen atoms in total. The smallest absolute Gasteiger partial charge is 0.323 e. The van der Waals surface area contributed by atoms with Crippen molar-refractivity contribution in [1.29, 1.82) is 5.26 Å². The summed E-state index contributed by atoms with van der Waals surface area (Å²) in [6, 6.07) is 15.3. The molecule has 0 unspecified atom stereocenters. The van der Waals surface area contributed by atoms with E-state index < -0.39 is 11.8 Å². The Bertz CT molecular complexity index is 996. The van der Waals surface area contributed by atoms with Gasteiger partial charge in [-0.2, -0.15) is 5.26 Å². The van der Waals surface area contributed by atoms with Crippen LogP contribution in [0.3, 0.4) is 0 Å². The quantitative estimate of drug-likeness (QED) is 0.741. The number of para-hydroxylation sites is 1. The van der Waals surface area contributed by atoms with Gasteiger partial charge in [-0.05, 0) is 29.8 Å². The molecule has 0 saturated heterocycles. The fourth-order valence-electron chi connectivity index (χ4n) is 2.66. The van der Waals surface area contributed by atoms with E-state index in [-0.39, 0.29) is 6.54 Å². The maximum Gasteiger partial charge on any atom is 0.323 e. The SMILES string of the molecule is N#CC(=Cc1cn(CC(=O)O)c2ccccc12)c1cccc(F)c1. The van der Waals surface area contributed by atoms with E-state index in [0.29, 0.717) is 16.7 Å². The summed E-state index contributed by atoms with van der Waals surface area (Å²) in [5.41, 5.74) is 2.27. The number of hydrogen-bond donors (Lipinski definition) is 1. The normalized spacial score (nSPS) is 11.4. The van der Waals surface area contributed by atoms with E-state index in [4.69, 9.17) is 5.11 Å². The number of carboxylic acid groups (broad SMARTS) is 1. The van der Waals surface area contributed by atoms with Crippen molar-refractivity contribution >= 4 is 28.5 Å². The van der Waals surface area contributed by atoms with Crippen LogP contribution in [0, 0.1) is 17.1 Å². The first-order chi connectivity index (χ1) is 11.6. The van der Waals surface area contributed by atoms with Crippen LogP contribution in [0.5, 0.6) is 0 Å². The van der Waals surface area contributed by atoms with Crippen LogP contribution in [0.1, 0.15) is 11.1 Å². The lowest BCUT2D eigenvalue weighted by atomic mass is 10.0. The van der Waals surface area contributed by atoms with Crippen LogP contribution >= 0.6 is 0 Å². The van der Waals surface area contributed by atoms with Gasteiger partial charge in [-0.3, -0.25) is 4.79 Å². The van der Waals surface area contributed by atoms with Crippen molar-refractivity contribution in [3.8, 4) is 6.07 Å². The van der Waals surface area contributed by atoms with Gasteiger partial charge in [0.2, 0.25) is 0 Å². The summed E-state index contributed by atoms with van der Waals surface area (Å²) in [5.74, 6) is -1.36. The molecular formula is C19H13FN2O2. The van der Waals surface area contributed by atoms with Crippen LogP contribution < -0.4 is 0 Å². The highest BCUT2D eigenvalue weighted by Crippen LogP contribution is 2.26. The van der Waals surface area contributed by atoms with Gasteiger partial charge in [0.25, 0.3) is 0 Å². The number of carbonyl (C=O) groups is 1. The third kappa shape index (κ3) is 3.03. The summed E-state index contributed by atoms with van der Waals surface area (Å²) in [7, 11) is 0. The lowest BCUT2D eigenvalue weighted by molar-refractivity contribution is -0.137. The number of rotatable bonds is 4. The first kappa shape index (κ1) is 15.5. The van der Waals surface area contributed by atoms with Crippen LogP contribution in [0.4, 0.5) is 4.39 Å². The Kier molecular flexibility index (Phi) is 4.13. The van der Waals surface area contributed by atoms with E-state index in [0.717, 1.165) is 10.9 Å². The van der Waals surface area contributed by atoms with Gasteiger partial charge in [-0.25, -0.2) is 4.39 Å². The summed E-state index contributed by atoms with van der Waals surface area (Å²) in [5, 5.41) is 19.3. The van der Waals surface area contributed by atoms with Crippen molar-refractivity contribution in [2.24, 2.45) is 0 Å². The molecular weight excluding hydrogens is 307 g/mol. The number of aromatic nitrogens is 1. The fraction of sp³-hybridized carbons (Fsp3) is 0.0526. The van der Waals surface area contributed by atoms with E-state index >= 15 is 0 Å². The van der Waals surface area contributed by atoms with Gasteiger partial charge < -0.3 is 9.67 Å². The second kappa shape index (κ2) is 6.39. The lowest BCUT2D eigenvalue weighted by Gasteiger charge is -1.99. The first-order valence-electron chi connectivity index (χ1n) is 7.26. The summed E-state index contributed by atoms with van der Waals surface area (Å²) in [6.07, 6.45) is 3.34. The number of benzene rings is 2. The molecule has 118 valence electrons. The van der Waals surface area contributed by atoms with Crippen LogP contribution in [0.15, 0.2) is 54.7 Å². The predicted molar refractivity (Wildman–Crippen MR) is 89.5 cm³/mol. The minimum atomic E-state index is -0.947. The van der Waals surface area contributed by atoms with Crippen molar-refractivity contribution in [2.45, 2.75) is 6.54 Å². The van der Waals surface area contributed by atoms with Crippen molar-refractivity contribution in [3.05, 3.63) is 71.7 Å². The van der Waals surface area contributed by atoms with Gasteiger partial charge in [-0.1, -0.05) is 30.3 Å². The molecule has 1 heterocycles. The van der Waals surface area contributed by atoms with E-state index in [1.165, 1.54) is 12.1 Å². The molecule has 0 aliphatic carbocycles. The third-order valence-electron chi connectivity index (χ3n) is 3.68. The van der Waals surface area contributed by atoms with Crippen LogP contribution in [-0.2, 0) is 11.3 Å². The zero-order chi connectivity index (χ0) is 17.1. The Balaban J connectivity index is 2.15. The molecule has 0 saturated carbocycles. The number of carboxylic acids is 1. The van der Waals surface area contributed by atoms with E-state index in [1.54, 1.807) is 29.0 Å². The molecule has 3 rings (SSSR count). The molecule has 0 atom stereocenters. The summed E-state index contributed by atoms with van der Waals surface area (Å²) >= 11 is 0. The fourth-order valence-corrected chi connectivity index (χ4v) is 2.66. The molecule has 2 aromatic carbocycles. The maximum absolute atomic E-state index is 13.4. The highest BCUT2D eigenvalue weighted by Gasteiger charge is 2.10. The minimum absolute atomic E-state index is 0.170.